The van der Waals surface area contributed by atoms with E-state index in [1.54, 1.807) is 0 Å². The van der Waals surface area contributed by atoms with Crippen molar-refractivity contribution in [1.29, 1.82) is 0 Å². The van der Waals surface area contributed by atoms with Gasteiger partial charge in [0, 0.05) is 13.1 Å². The highest BCUT2D eigenvalue weighted by Crippen LogP contribution is 2.27. The summed E-state index contributed by atoms with van der Waals surface area (Å²) in [5, 5.41) is 0. The van der Waals surface area contributed by atoms with Crippen LogP contribution in [0.4, 0.5) is 0 Å². The highest BCUT2D eigenvalue weighted by atomic mass is 16.5. The number of hydrogen-bond acceptors (Lipinski definition) is 2. The van der Waals surface area contributed by atoms with Gasteiger partial charge in [0.15, 0.2) is 6.61 Å². The van der Waals surface area contributed by atoms with E-state index in [-0.39, 0.29) is 12.5 Å². The molecule has 1 aliphatic heterocycles. The number of nitrogens with zero attached hydrogens (tertiary/aromatic N) is 1. The summed E-state index contributed by atoms with van der Waals surface area (Å²) in [5.41, 5.74) is 2.57. The fraction of sp³-hybridized carbons (Fsp3) is 0.350. The van der Waals surface area contributed by atoms with Crippen molar-refractivity contribution in [2.75, 3.05) is 19.7 Å². The number of carbonyl (C=O) groups is 1. The molecule has 3 nitrogen and oxygen atoms in total. The maximum absolute atomic E-state index is 12.3. The molecular weight excluding hydrogens is 286 g/mol. The zero-order valence-corrected chi connectivity index (χ0v) is 13.6. The Balaban J connectivity index is 1.47. The van der Waals surface area contributed by atoms with Crippen LogP contribution in [0, 0.1) is 6.92 Å². The van der Waals surface area contributed by atoms with E-state index < -0.39 is 0 Å². The van der Waals surface area contributed by atoms with Gasteiger partial charge < -0.3 is 9.64 Å². The molecule has 0 unspecified atom stereocenters. The number of hydrogen-bond donors (Lipinski definition) is 0. The minimum Gasteiger partial charge on any atom is -0.484 e. The Morgan fingerprint density at radius 3 is 2.35 bits per heavy atom. The minimum absolute atomic E-state index is 0.0806. The number of piperidine rings is 1. The Labute approximate surface area is 137 Å². The number of benzene rings is 2. The molecule has 1 fully saturated rings. The van der Waals surface area contributed by atoms with E-state index in [1.807, 2.05) is 42.2 Å². The van der Waals surface area contributed by atoms with Crippen LogP contribution in [-0.2, 0) is 4.79 Å². The van der Waals surface area contributed by atoms with E-state index in [9.17, 15) is 4.79 Å². The number of ether oxygens (including phenoxy) is 1. The van der Waals surface area contributed by atoms with Gasteiger partial charge in [0.25, 0.3) is 5.91 Å². The Hall–Kier alpha value is -2.29. The number of likely N-dealkylation sites (tertiary alicyclic amines) is 1. The van der Waals surface area contributed by atoms with Gasteiger partial charge >= 0.3 is 0 Å². The van der Waals surface area contributed by atoms with E-state index in [1.165, 1.54) is 11.1 Å². The van der Waals surface area contributed by atoms with E-state index in [4.69, 9.17) is 4.74 Å². The molecule has 2 aromatic carbocycles. The lowest BCUT2D eigenvalue weighted by atomic mass is 9.89. The smallest absolute Gasteiger partial charge is 0.260 e. The van der Waals surface area contributed by atoms with Crippen molar-refractivity contribution >= 4 is 5.91 Å². The third kappa shape index (κ3) is 4.13. The average Bonchev–Trinajstić information content (AvgIpc) is 2.62. The third-order valence-corrected chi connectivity index (χ3v) is 4.50. The highest BCUT2D eigenvalue weighted by molar-refractivity contribution is 5.77. The van der Waals surface area contributed by atoms with E-state index >= 15 is 0 Å². The zero-order valence-electron chi connectivity index (χ0n) is 13.6. The number of amides is 1. The summed E-state index contributed by atoms with van der Waals surface area (Å²) in [7, 11) is 0. The molecule has 0 aliphatic carbocycles. The van der Waals surface area contributed by atoms with Gasteiger partial charge in [-0.2, -0.15) is 0 Å². The second kappa shape index (κ2) is 7.32. The first-order chi connectivity index (χ1) is 11.2. The topological polar surface area (TPSA) is 29.5 Å². The van der Waals surface area contributed by atoms with Crippen molar-refractivity contribution in [3.05, 3.63) is 65.7 Å². The third-order valence-electron chi connectivity index (χ3n) is 4.50. The Kier molecular flexibility index (Phi) is 4.96. The molecule has 0 spiro atoms. The van der Waals surface area contributed by atoms with Gasteiger partial charge in [-0.3, -0.25) is 4.79 Å². The maximum Gasteiger partial charge on any atom is 0.260 e. The van der Waals surface area contributed by atoms with Crippen molar-refractivity contribution in [3.63, 3.8) is 0 Å². The first-order valence-electron chi connectivity index (χ1n) is 8.24. The molecule has 3 rings (SSSR count). The lowest BCUT2D eigenvalue weighted by Gasteiger charge is -2.32. The molecule has 1 heterocycles. The Morgan fingerprint density at radius 2 is 1.70 bits per heavy atom. The first-order valence-corrected chi connectivity index (χ1v) is 8.24. The first kappa shape index (κ1) is 15.6. The molecule has 3 heteroatoms. The van der Waals surface area contributed by atoms with Gasteiger partial charge in [-0.1, -0.05) is 48.0 Å². The largest absolute Gasteiger partial charge is 0.484 e. The van der Waals surface area contributed by atoms with E-state index in [0.717, 1.165) is 31.7 Å². The fourth-order valence-electron chi connectivity index (χ4n) is 3.06. The van der Waals surface area contributed by atoms with Crippen LogP contribution >= 0.6 is 0 Å². The Morgan fingerprint density at radius 1 is 1.04 bits per heavy atom. The summed E-state index contributed by atoms with van der Waals surface area (Å²) in [4.78, 5) is 14.2. The standard InChI is InChI=1S/C20H23NO2/c1-16-7-9-19(10-8-16)23-15-20(22)21-13-11-18(12-14-21)17-5-3-2-4-6-17/h2-10,18H,11-15H2,1H3. The monoisotopic (exact) mass is 309 g/mol. The van der Waals surface area contributed by atoms with E-state index in [2.05, 4.69) is 24.3 Å². The molecule has 1 amide bonds. The molecule has 2 aromatic rings. The molecule has 1 saturated heterocycles. The van der Waals surface area contributed by atoms with Gasteiger partial charge in [0.05, 0.1) is 0 Å². The molecule has 23 heavy (non-hydrogen) atoms. The second-order valence-electron chi connectivity index (χ2n) is 6.17. The van der Waals surface area contributed by atoms with Crippen LogP contribution in [0.25, 0.3) is 0 Å². The fourth-order valence-corrected chi connectivity index (χ4v) is 3.06. The second-order valence-corrected chi connectivity index (χ2v) is 6.17. The molecule has 1 aliphatic rings. The van der Waals surface area contributed by atoms with Crippen LogP contribution in [0.5, 0.6) is 5.75 Å². The molecule has 0 bridgehead atoms. The highest BCUT2D eigenvalue weighted by Gasteiger charge is 2.23. The number of aryl methyl sites for hydroxylation is 1. The van der Waals surface area contributed by atoms with Gasteiger partial charge in [-0.15, -0.1) is 0 Å². The molecular formula is C20H23NO2. The van der Waals surface area contributed by atoms with Gasteiger partial charge in [-0.25, -0.2) is 0 Å². The van der Waals surface area contributed by atoms with Crippen LogP contribution in [0.2, 0.25) is 0 Å². The van der Waals surface area contributed by atoms with Crippen LogP contribution in [-0.4, -0.2) is 30.5 Å². The zero-order chi connectivity index (χ0) is 16.1. The van der Waals surface area contributed by atoms with Crippen LogP contribution in [0.1, 0.15) is 29.9 Å². The number of carbonyl (C=O) groups excluding carboxylic acids is 1. The molecule has 0 radical (unpaired) electrons. The van der Waals surface area contributed by atoms with Crippen molar-refractivity contribution in [2.45, 2.75) is 25.7 Å². The van der Waals surface area contributed by atoms with Crippen LogP contribution < -0.4 is 4.74 Å². The van der Waals surface area contributed by atoms with Crippen molar-refractivity contribution in [1.82, 2.24) is 4.90 Å². The predicted octanol–water partition coefficient (Wildman–Crippen LogP) is 3.78. The molecule has 0 N–H and O–H groups in total. The molecule has 0 aromatic heterocycles. The average molecular weight is 309 g/mol. The molecule has 120 valence electrons. The SMILES string of the molecule is Cc1ccc(OCC(=O)N2CCC(c3ccccc3)CC2)cc1. The summed E-state index contributed by atoms with van der Waals surface area (Å²) in [6.45, 7) is 3.79. The summed E-state index contributed by atoms with van der Waals surface area (Å²) in [6.07, 6.45) is 2.06. The number of rotatable bonds is 4. The summed E-state index contributed by atoms with van der Waals surface area (Å²) < 4.78 is 5.60. The summed E-state index contributed by atoms with van der Waals surface area (Å²) in [5.74, 6) is 1.40. The quantitative estimate of drug-likeness (QED) is 0.860. The van der Waals surface area contributed by atoms with Crippen molar-refractivity contribution < 1.29 is 9.53 Å². The molecule has 0 saturated carbocycles. The van der Waals surface area contributed by atoms with Gasteiger partial charge in [-0.05, 0) is 43.4 Å². The molecule has 0 atom stereocenters. The van der Waals surface area contributed by atoms with Gasteiger partial charge in [0.1, 0.15) is 5.75 Å². The minimum atomic E-state index is 0.0806. The lowest BCUT2D eigenvalue weighted by Crippen LogP contribution is -2.40. The van der Waals surface area contributed by atoms with Crippen LogP contribution in [0.3, 0.4) is 0 Å². The van der Waals surface area contributed by atoms with Crippen molar-refractivity contribution in [2.24, 2.45) is 0 Å². The van der Waals surface area contributed by atoms with Crippen molar-refractivity contribution in [3.8, 4) is 5.75 Å². The summed E-state index contributed by atoms with van der Waals surface area (Å²) in [6, 6.07) is 18.4. The maximum atomic E-state index is 12.3. The summed E-state index contributed by atoms with van der Waals surface area (Å²) >= 11 is 0. The predicted molar refractivity (Wildman–Crippen MR) is 91.7 cm³/mol. The van der Waals surface area contributed by atoms with Gasteiger partial charge in [0.2, 0.25) is 0 Å². The van der Waals surface area contributed by atoms with E-state index in [0.29, 0.717) is 5.92 Å². The Bertz CT molecular complexity index is 628. The van der Waals surface area contributed by atoms with Crippen LogP contribution in [0.15, 0.2) is 54.6 Å². The lowest BCUT2D eigenvalue weighted by molar-refractivity contribution is -0.134. The normalized spacial score (nSPS) is 15.4.